The third-order valence-electron chi connectivity index (χ3n) is 1.77. The molecule has 0 atom stereocenters. The number of hydrogen-bond acceptors (Lipinski definition) is 4. The Hall–Kier alpha value is -2.15. The Morgan fingerprint density at radius 1 is 1.33 bits per heavy atom. The van der Waals surface area contributed by atoms with Crippen molar-refractivity contribution in [3.8, 4) is 24.0 Å². The second-order valence-corrected chi connectivity index (χ2v) is 2.55. The Kier molecular flexibility index (Phi) is 3.58. The van der Waals surface area contributed by atoms with E-state index < -0.39 is 5.97 Å². The summed E-state index contributed by atoms with van der Waals surface area (Å²) < 4.78 is 14.5. The van der Waals surface area contributed by atoms with E-state index in [0.29, 0.717) is 11.5 Å². The molecule has 1 aromatic carbocycles. The molecule has 0 amide bonds. The highest BCUT2D eigenvalue weighted by atomic mass is 16.5. The second-order valence-electron chi connectivity index (χ2n) is 2.55. The normalized spacial score (nSPS) is 8.87. The summed E-state index contributed by atoms with van der Waals surface area (Å²) in [6, 6.07) is 4.86. The molecule has 15 heavy (non-hydrogen) atoms. The number of terminal acetylenes is 1. The molecule has 4 heteroatoms. The molecule has 0 heterocycles. The molecule has 0 fully saturated rings. The zero-order valence-corrected chi connectivity index (χ0v) is 8.44. The minimum atomic E-state index is -0.645. The number of carbonyl (C=O) groups is 1. The highest BCUT2D eigenvalue weighted by Crippen LogP contribution is 2.30. The molecule has 0 aliphatic heterocycles. The van der Waals surface area contributed by atoms with Crippen molar-refractivity contribution in [1.29, 1.82) is 0 Å². The molecule has 0 aliphatic rings. The highest BCUT2D eigenvalue weighted by Gasteiger charge is 2.16. The van der Waals surface area contributed by atoms with Crippen LogP contribution >= 0.6 is 0 Å². The third-order valence-corrected chi connectivity index (χ3v) is 1.77. The summed E-state index contributed by atoms with van der Waals surface area (Å²) in [5.74, 6) is 0.109. The van der Waals surface area contributed by atoms with Crippen LogP contribution in [0, 0.1) is 12.5 Å². The van der Waals surface area contributed by atoms with Gasteiger partial charge in [0, 0.05) is 0 Å². The van der Waals surface area contributed by atoms with Gasteiger partial charge in [-0.3, -0.25) is 0 Å². The van der Waals surface area contributed by atoms with Crippen molar-refractivity contribution < 1.29 is 19.0 Å². The van der Waals surface area contributed by atoms with Crippen molar-refractivity contribution in [3.05, 3.63) is 23.8 Å². The molecule has 0 spiro atoms. The molecular weight excluding hydrogens is 196 g/mol. The number of rotatable bonds is 3. The summed E-state index contributed by atoms with van der Waals surface area (Å²) >= 11 is 0. The molecule has 0 unspecified atom stereocenters. The molecule has 0 radical (unpaired) electrons. The molecule has 0 aromatic heterocycles. The monoisotopic (exact) mass is 206 g/mol. The molecule has 1 rings (SSSR count). The molecule has 1 aromatic rings. The molecule has 0 aliphatic carbocycles. The lowest BCUT2D eigenvalue weighted by atomic mass is 10.2. The van der Waals surface area contributed by atoms with Crippen molar-refractivity contribution in [2.75, 3.05) is 14.2 Å². The Bertz CT molecular complexity index is 404. The maximum atomic E-state index is 11.4. The zero-order valence-electron chi connectivity index (χ0n) is 8.44. The smallest absolute Gasteiger partial charge is 0.355 e. The predicted octanol–water partition coefficient (Wildman–Crippen LogP) is 1.45. The summed E-state index contributed by atoms with van der Waals surface area (Å²) in [7, 11) is 2.92. The Morgan fingerprint density at radius 3 is 2.60 bits per heavy atom. The van der Waals surface area contributed by atoms with Gasteiger partial charge >= 0.3 is 5.97 Å². The summed E-state index contributed by atoms with van der Waals surface area (Å²) in [6.45, 7) is 0. The van der Waals surface area contributed by atoms with Crippen molar-refractivity contribution in [2.24, 2.45) is 0 Å². The number of para-hydroxylation sites is 1. The Balaban J connectivity index is 3.18. The first-order valence-corrected chi connectivity index (χ1v) is 4.12. The van der Waals surface area contributed by atoms with Gasteiger partial charge in [-0.15, -0.1) is 0 Å². The third kappa shape index (κ3) is 2.20. The largest absolute Gasteiger partial charge is 0.493 e. The minimum Gasteiger partial charge on any atom is -0.493 e. The molecule has 78 valence electrons. The van der Waals surface area contributed by atoms with Crippen LogP contribution in [0.5, 0.6) is 11.5 Å². The van der Waals surface area contributed by atoms with Gasteiger partial charge in [0.05, 0.1) is 14.2 Å². The number of methoxy groups -OCH3 is 2. The van der Waals surface area contributed by atoms with E-state index in [0.717, 1.165) is 0 Å². The SMILES string of the molecule is C#COC(=O)c1cccc(OC)c1OC. The molecule has 0 saturated carbocycles. The highest BCUT2D eigenvalue weighted by molar-refractivity contribution is 5.94. The van der Waals surface area contributed by atoms with Gasteiger partial charge in [0.1, 0.15) is 11.7 Å². The molecular formula is C11H10O4. The van der Waals surface area contributed by atoms with E-state index in [4.69, 9.17) is 15.9 Å². The van der Waals surface area contributed by atoms with E-state index in [2.05, 4.69) is 4.74 Å². The quantitative estimate of drug-likeness (QED) is 0.554. The van der Waals surface area contributed by atoms with Crippen LogP contribution in [0.15, 0.2) is 18.2 Å². The first kappa shape index (κ1) is 10.9. The van der Waals surface area contributed by atoms with Crippen LogP contribution in [0.4, 0.5) is 0 Å². The van der Waals surface area contributed by atoms with Gasteiger partial charge in [0.15, 0.2) is 11.5 Å². The first-order valence-electron chi connectivity index (χ1n) is 4.12. The number of esters is 1. The van der Waals surface area contributed by atoms with Gasteiger partial charge in [-0.2, -0.15) is 0 Å². The lowest BCUT2D eigenvalue weighted by molar-refractivity contribution is 0.0687. The number of carbonyl (C=O) groups excluding carboxylic acids is 1. The van der Waals surface area contributed by atoms with Gasteiger partial charge < -0.3 is 14.2 Å². The lowest BCUT2D eigenvalue weighted by Crippen LogP contribution is -2.04. The number of benzene rings is 1. The summed E-state index contributed by atoms with van der Waals surface area (Å²) in [5, 5.41) is 0. The minimum absolute atomic E-state index is 0.231. The van der Waals surface area contributed by atoms with E-state index >= 15 is 0 Å². The van der Waals surface area contributed by atoms with Crippen LogP contribution < -0.4 is 9.47 Å². The van der Waals surface area contributed by atoms with Gasteiger partial charge in [-0.25, -0.2) is 4.79 Å². The fourth-order valence-electron chi connectivity index (χ4n) is 1.16. The van der Waals surface area contributed by atoms with Crippen molar-refractivity contribution in [3.63, 3.8) is 0 Å². The summed E-state index contributed by atoms with van der Waals surface area (Å²) in [6.07, 6.45) is 6.67. The van der Waals surface area contributed by atoms with Gasteiger partial charge in [0.25, 0.3) is 0 Å². The van der Waals surface area contributed by atoms with Crippen LogP contribution in [-0.2, 0) is 4.74 Å². The first-order chi connectivity index (χ1) is 7.24. The van der Waals surface area contributed by atoms with Gasteiger partial charge in [-0.05, 0) is 12.1 Å². The maximum absolute atomic E-state index is 11.4. The molecule has 0 saturated heterocycles. The van der Waals surface area contributed by atoms with Crippen LogP contribution in [0.3, 0.4) is 0 Å². The lowest BCUT2D eigenvalue weighted by Gasteiger charge is -2.09. The fourth-order valence-corrected chi connectivity index (χ4v) is 1.16. The second kappa shape index (κ2) is 4.91. The van der Waals surface area contributed by atoms with Crippen LogP contribution in [0.25, 0.3) is 0 Å². The average molecular weight is 206 g/mol. The fraction of sp³-hybridized carbons (Fsp3) is 0.182. The van der Waals surface area contributed by atoms with Crippen molar-refractivity contribution >= 4 is 5.97 Å². The van der Waals surface area contributed by atoms with Crippen LogP contribution in [0.1, 0.15) is 10.4 Å². The van der Waals surface area contributed by atoms with Gasteiger partial charge in [-0.1, -0.05) is 12.5 Å². The maximum Gasteiger partial charge on any atom is 0.355 e. The molecule has 0 N–H and O–H groups in total. The number of ether oxygens (including phenoxy) is 3. The van der Waals surface area contributed by atoms with Crippen molar-refractivity contribution in [1.82, 2.24) is 0 Å². The zero-order chi connectivity index (χ0) is 11.3. The van der Waals surface area contributed by atoms with E-state index in [1.807, 2.05) is 6.11 Å². The van der Waals surface area contributed by atoms with E-state index in [1.54, 1.807) is 18.2 Å². The predicted molar refractivity (Wildman–Crippen MR) is 53.8 cm³/mol. The standard InChI is InChI=1S/C11H10O4/c1-4-15-11(12)8-6-5-7-9(13-2)10(8)14-3/h1,5-7H,2-3H3. The van der Waals surface area contributed by atoms with Crippen molar-refractivity contribution in [2.45, 2.75) is 0 Å². The molecule has 4 nitrogen and oxygen atoms in total. The van der Waals surface area contributed by atoms with Gasteiger partial charge in [0.2, 0.25) is 0 Å². The van der Waals surface area contributed by atoms with Crippen LogP contribution in [0.2, 0.25) is 0 Å². The Morgan fingerprint density at radius 2 is 2.07 bits per heavy atom. The van der Waals surface area contributed by atoms with E-state index in [9.17, 15) is 4.79 Å². The average Bonchev–Trinajstić information content (AvgIpc) is 2.28. The van der Waals surface area contributed by atoms with Crippen LogP contribution in [-0.4, -0.2) is 20.2 Å². The van der Waals surface area contributed by atoms with E-state index in [1.165, 1.54) is 14.2 Å². The summed E-state index contributed by atoms with van der Waals surface area (Å²) in [4.78, 5) is 11.4. The Labute approximate surface area is 87.8 Å². The number of hydrogen-bond donors (Lipinski definition) is 0. The molecule has 0 bridgehead atoms. The van der Waals surface area contributed by atoms with E-state index in [-0.39, 0.29) is 5.56 Å². The summed E-state index contributed by atoms with van der Waals surface area (Å²) in [5.41, 5.74) is 0.231. The topological polar surface area (TPSA) is 44.8 Å².